The molecule has 0 fully saturated rings. The van der Waals surface area contributed by atoms with E-state index < -0.39 is 45.6 Å². The highest BCUT2D eigenvalue weighted by atomic mass is 32.2. The summed E-state index contributed by atoms with van der Waals surface area (Å²) in [4.78, 5) is 39.0. The van der Waals surface area contributed by atoms with Crippen molar-refractivity contribution in [1.29, 1.82) is 5.41 Å². The van der Waals surface area contributed by atoms with E-state index >= 15 is 0 Å². The van der Waals surface area contributed by atoms with Gasteiger partial charge in [-0.3, -0.25) is 15.0 Å². The number of carboxylic acids is 1. The first-order valence-corrected chi connectivity index (χ1v) is 17.3. The largest absolute Gasteiger partial charge is 0.478 e. The Morgan fingerprint density at radius 3 is 2.12 bits per heavy atom. The summed E-state index contributed by atoms with van der Waals surface area (Å²) in [6, 6.07) is 26.4. The van der Waals surface area contributed by atoms with Crippen molar-refractivity contribution in [3.05, 3.63) is 142 Å². The fraction of sp³-hybridized carbons (Fsp3) is 0.222. The van der Waals surface area contributed by atoms with Crippen LogP contribution in [0.2, 0.25) is 0 Å². The van der Waals surface area contributed by atoms with Gasteiger partial charge in [-0.2, -0.15) is 0 Å². The Balaban J connectivity index is 1.57. The molecule has 0 bridgehead atoms. The van der Waals surface area contributed by atoms with Gasteiger partial charge < -0.3 is 27.2 Å². The van der Waals surface area contributed by atoms with Crippen LogP contribution in [0.5, 0.6) is 0 Å². The molecular formula is C36H40N6O6S. The van der Waals surface area contributed by atoms with Crippen LogP contribution in [-0.2, 0) is 44.9 Å². The molecule has 49 heavy (non-hydrogen) atoms. The zero-order chi connectivity index (χ0) is 35.4. The minimum absolute atomic E-state index is 0.0618. The highest BCUT2D eigenvalue weighted by Gasteiger charge is 2.30. The molecule has 0 aliphatic heterocycles. The second-order valence-corrected chi connectivity index (χ2v) is 13.3. The van der Waals surface area contributed by atoms with Gasteiger partial charge in [-0.15, -0.1) is 0 Å². The predicted octanol–water partition coefficient (Wildman–Crippen LogP) is 3.11. The van der Waals surface area contributed by atoms with Crippen molar-refractivity contribution in [2.75, 3.05) is 0 Å². The zero-order valence-corrected chi connectivity index (χ0v) is 27.6. The summed E-state index contributed by atoms with van der Waals surface area (Å²) in [5, 5.41) is 22.5. The summed E-state index contributed by atoms with van der Waals surface area (Å²) in [6.45, 7) is 0.312. The quantitative estimate of drug-likeness (QED) is 0.0646. The van der Waals surface area contributed by atoms with Crippen molar-refractivity contribution in [2.45, 2.75) is 50.2 Å². The van der Waals surface area contributed by atoms with E-state index in [2.05, 4.69) is 15.4 Å². The minimum atomic E-state index is -4.15. The maximum absolute atomic E-state index is 13.9. The Hall–Kier alpha value is -5.37. The lowest BCUT2D eigenvalue weighted by Crippen LogP contribution is -2.50. The Kier molecular flexibility index (Phi) is 12.8. The molecule has 4 aromatic rings. The van der Waals surface area contributed by atoms with E-state index in [4.69, 9.17) is 16.9 Å². The van der Waals surface area contributed by atoms with E-state index in [1.54, 1.807) is 48.5 Å². The smallest absolute Gasteiger partial charge is 0.335 e. The highest BCUT2D eigenvalue weighted by molar-refractivity contribution is 7.88. The number of carboxylic acid groups (broad SMARTS) is 1. The lowest BCUT2D eigenvalue weighted by Gasteiger charge is -2.24. The Labute approximate surface area is 285 Å². The molecule has 4 rings (SSSR count). The summed E-state index contributed by atoms with van der Waals surface area (Å²) >= 11 is 0. The standard InChI is InChI=1S/C36H40N6O6S/c37-21-26-10-4-12-29(19-26)32(35(44)40-22-25-15-17-28(18-16-25)33(38)39)41-34(43)31(14-6-9-24-7-2-1-3-8-24)42-49(47,48)23-27-11-5-13-30(20-27)36(45)46/h1-5,7-8,10-13,15-20,31-32,42H,6,9,14,21-23,37H2,(H3,38,39)(H,40,44)(H,41,43)(H,45,46)/t31-,32?/m1/s1. The number of benzene rings is 4. The van der Waals surface area contributed by atoms with Crippen LogP contribution in [0.3, 0.4) is 0 Å². The van der Waals surface area contributed by atoms with E-state index in [9.17, 15) is 27.9 Å². The van der Waals surface area contributed by atoms with Gasteiger partial charge in [0.25, 0.3) is 0 Å². The molecule has 2 amide bonds. The summed E-state index contributed by atoms with van der Waals surface area (Å²) in [6.07, 6.45) is 1.15. The second-order valence-electron chi connectivity index (χ2n) is 11.5. The third kappa shape index (κ3) is 11.1. The number of nitrogen functional groups attached to an aromatic ring is 1. The van der Waals surface area contributed by atoms with Crippen LogP contribution in [-0.4, -0.2) is 43.2 Å². The molecule has 4 aromatic carbocycles. The molecule has 2 atom stereocenters. The van der Waals surface area contributed by atoms with Crippen molar-refractivity contribution in [1.82, 2.24) is 15.4 Å². The van der Waals surface area contributed by atoms with Gasteiger partial charge >= 0.3 is 5.97 Å². The topological polar surface area (TPSA) is 218 Å². The number of aryl methyl sites for hydroxylation is 1. The van der Waals surface area contributed by atoms with Crippen LogP contribution in [0.25, 0.3) is 0 Å². The van der Waals surface area contributed by atoms with E-state index in [1.807, 2.05) is 30.3 Å². The number of amidine groups is 1. The van der Waals surface area contributed by atoms with Gasteiger partial charge in [-0.25, -0.2) is 17.9 Å². The number of rotatable bonds is 17. The molecule has 0 heterocycles. The van der Waals surface area contributed by atoms with E-state index in [0.717, 1.165) is 16.7 Å². The lowest BCUT2D eigenvalue weighted by atomic mass is 10.0. The molecule has 13 heteroatoms. The first kappa shape index (κ1) is 36.5. The second kappa shape index (κ2) is 17.2. The van der Waals surface area contributed by atoms with Gasteiger partial charge in [0.15, 0.2) is 0 Å². The van der Waals surface area contributed by atoms with Crippen molar-refractivity contribution in [3.8, 4) is 0 Å². The summed E-state index contributed by atoms with van der Waals surface area (Å²) in [5.74, 6) is -3.07. The number of carbonyl (C=O) groups is 3. The number of nitrogens with one attached hydrogen (secondary N) is 4. The van der Waals surface area contributed by atoms with E-state index in [-0.39, 0.29) is 36.5 Å². The van der Waals surface area contributed by atoms with Gasteiger partial charge in [0.05, 0.1) is 11.3 Å². The maximum atomic E-state index is 13.9. The fourth-order valence-corrected chi connectivity index (χ4v) is 6.57. The average Bonchev–Trinajstić information content (AvgIpc) is 3.09. The van der Waals surface area contributed by atoms with Crippen LogP contribution in [0, 0.1) is 5.41 Å². The van der Waals surface area contributed by atoms with Gasteiger partial charge in [-0.05, 0) is 59.2 Å². The number of sulfonamides is 1. The Morgan fingerprint density at radius 1 is 0.776 bits per heavy atom. The third-order valence-corrected chi connectivity index (χ3v) is 9.13. The normalized spacial score (nSPS) is 12.4. The number of amides is 2. The lowest BCUT2D eigenvalue weighted by molar-refractivity contribution is -0.130. The van der Waals surface area contributed by atoms with E-state index in [1.165, 1.54) is 24.3 Å². The van der Waals surface area contributed by atoms with Crippen LogP contribution < -0.4 is 26.8 Å². The Bertz CT molecular complexity index is 1880. The molecule has 12 nitrogen and oxygen atoms in total. The monoisotopic (exact) mass is 684 g/mol. The summed E-state index contributed by atoms with van der Waals surface area (Å²) in [5.41, 5.74) is 15.0. The molecule has 0 saturated carbocycles. The fourth-order valence-electron chi connectivity index (χ4n) is 5.21. The highest BCUT2D eigenvalue weighted by Crippen LogP contribution is 2.18. The van der Waals surface area contributed by atoms with Crippen LogP contribution in [0.4, 0.5) is 0 Å². The van der Waals surface area contributed by atoms with E-state index in [0.29, 0.717) is 24.0 Å². The summed E-state index contributed by atoms with van der Waals surface area (Å²) < 4.78 is 29.3. The first-order valence-electron chi connectivity index (χ1n) is 15.6. The van der Waals surface area contributed by atoms with Gasteiger partial charge in [0.2, 0.25) is 21.8 Å². The number of carbonyl (C=O) groups excluding carboxylic acids is 2. The molecular weight excluding hydrogens is 644 g/mol. The number of nitrogens with two attached hydrogens (primary N) is 2. The molecule has 0 aromatic heterocycles. The SMILES string of the molecule is N=C(N)c1ccc(CNC(=O)C(NC(=O)[C@@H](CCCc2ccccc2)NS(=O)(=O)Cc2cccc(C(=O)O)c2)c2cccc(CN)c2)cc1. The summed E-state index contributed by atoms with van der Waals surface area (Å²) in [7, 11) is -4.15. The van der Waals surface area contributed by atoms with Gasteiger partial charge in [0.1, 0.15) is 17.9 Å². The molecule has 0 radical (unpaired) electrons. The number of hydrogen-bond acceptors (Lipinski definition) is 7. The zero-order valence-electron chi connectivity index (χ0n) is 26.8. The van der Waals surface area contributed by atoms with Crippen molar-refractivity contribution >= 4 is 33.6 Å². The molecule has 0 saturated heterocycles. The van der Waals surface area contributed by atoms with Gasteiger partial charge in [0, 0.05) is 18.7 Å². The van der Waals surface area contributed by atoms with Gasteiger partial charge in [-0.1, -0.05) is 91.0 Å². The van der Waals surface area contributed by atoms with Crippen molar-refractivity contribution in [3.63, 3.8) is 0 Å². The molecule has 256 valence electrons. The molecule has 0 aliphatic rings. The maximum Gasteiger partial charge on any atom is 0.335 e. The number of aromatic carboxylic acids is 1. The van der Waals surface area contributed by atoms with Crippen molar-refractivity contribution in [2.24, 2.45) is 11.5 Å². The number of hydrogen-bond donors (Lipinski definition) is 7. The molecule has 0 spiro atoms. The Morgan fingerprint density at radius 2 is 1.45 bits per heavy atom. The van der Waals surface area contributed by atoms with Crippen LogP contribution in [0.1, 0.15) is 62.6 Å². The van der Waals surface area contributed by atoms with Crippen LogP contribution in [0.15, 0.2) is 103 Å². The predicted molar refractivity (Wildman–Crippen MR) is 187 cm³/mol. The van der Waals surface area contributed by atoms with Crippen LogP contribution >= 0.6 is 0 Å². The first-order chi connectivity index (χ1) is 23.4. The molecule has 1 unspecified atom stereocenters. The van der Waals surface area contributed by atoms with Crippen molar-refractivity contribution < 1.29 is 27.9 Å². The molecule has 9 N–H and O–H groups in total. The molecule has 0 aliphatic carbocycles. The average molecular weight is 685 g/mol. The minimum Gasteiger partial charge on any atom is -0.478 e. The third-order valence-electron chi connectivity index (χ3n) is 7.77.